The Hall–Kier alpha value is -0.120. The van der Waals surface area contributed by atoms with Gasteiger partial charge in [0.25, 0.3) is 0 Å². The van der Waals surface area contributed by atoms with Gasteiger partial charge in [0.05, 0.1) is 0 Å². The maximum atomic E-state index is 6.02. The second-order valence-electron chi connectivity index (χ2n) is 4.92. The Morgan fingerprint density at radius 1 is 1.07 bits per heavy atom. The summed E-state index contributed by atoms with van der Waals surface area (Å²) >= 11 is 0. The number of hydrogen-bond acceptors (Lipinski definition) is 3. The third-order valence-electron chi connectivity index (χ3n) is 3.74. The van der Waals surface area contributed by atoms with Crippen LogP contribution in [0.2, 0.25) is 0 Å². The first-order valence-corrected chi connectivity index (χ1v) is 5.94. The molecule has 82 valence electrons. The molecule has 0 amide bonds. The highest BCUT2D eigenvalue weighted by atomic mass is 15.3. The fourth-order valence-corrected chi connectivity index (χ4v) is 2.72. The highest BCUT2D eigenvalue weighted by Crippen LogP contribution is 2.22. The standard InChI is InChI=1S/C11H23N3/c1-13-5-7-14(8-6-13)11-4-2-3-10(12)9-11/h10-11H,2-9,12H2,1H3/t10-,11-/m1/s1. The van der Waals surface area contributed by atoms with Crippen LogP contribution in [0, 0.1) is 0 Å². The molecule has 14 heavy (non-hydrogen) atoms. The molecule has 2 N–H and O–H groups in total. The van der Waals surface area contributed by atoms with E-state index in [-0.39, 0.29) is 0 Å². The van der Waals surface area contributed by atoms with Gasteiger partial charge >= 0.3 is 0 Å². The van der Waals surface area contributed by atoms with E-state index in [4.69, 9.17) is 5.73 Å². The van der Waals surface area contributed by atoms with Gasteiger partial charge in [-0.15, -0.1) is 0 Å². The number of nitrogens with zero attached hydrogens (tertiary/aromatic N) is 2. The SMILES string of the molecule is CN1CCN([C@@H]2CCC[C@@H](N)C2)CC1. The van der Waals surface area contributed by atoms with Crippen molar-refractivity contribution < 1.29 is 0 Å². The van der Waals surface area contributed by atoms with Crippen LogP contribution in [0.5, 0.6) is 0 Å². The number of nitrogens with two attached hydrogens (primary N) is 1. The second kappa shape index (κ2) is 4.60. The summed E-state index contributed by atoms with van der Waals surface area (Å²) < 4.78 is 0. The average Bonchev–Trinajstić information content (AvgIpc) is 2.19. The lowest BCUT2D eigenvalue weighted by molar-refractivity contribution is 0.0869. The van der Waals surface area contributed by atoms with Gasteiger partial charge in [-0.25, -0.2) is 0 Å². The van der Waals surface area contributed by atoms with Gasteiger partial charge < -0.3 is 10.6 Å². The zero-order valence-corrected chi connectivity index (χ0v) is 9.28. The fraction of sp³-hybridized carbons (Fsp3) is 1.00. The first-order valence-electron chi connectivity index (χ1n) is 5.94. The predicted molar refractivity (Wildman–Crippen MR) is 59.3 cm³/mol. The van der Waals surface area contributed by atoms with E-state index in [0.717, 1.165) is 6.04 Å². The van der Waals surface area contributed by atoms with Crippen LogP contribution in [0.15, 0.2) is 0 Å². The van der Waals surface area contributed by atoms with E-state index >= 15 is 0 Å². The van der Waals surface area contributed by atoms with Gasteiger partial charge in [-0.3, -0.25) is 4.90 Å². The zero-order chi connectivity index (χ0) is 9.97. The molecule has 1 heterocycles. The normalized spacial score (nSPS) is 37.3. The zero-order valence-electron chi connectivity index (χ0n) is 9.28. The molecule has 0 aromatic carbocycles. The number of piperazine rings is 1. The molecule has 2 aliphatic rings. The summed E-state index contributed by atoms with van der Waals surface area (Å²) in [5.41, 5.74) is 6.02. The number of rotatable bonds is 1. The van der Waals surface area contributed by atoms with Crippen LogP contribution in [0.25, 0.3) is 0 Å². The molecule has 1 aliphatic carbocycles. The summed E-state index contributed by atoms with van der Waals surface area (Å²) in [5, 5.41) is 0. The van der Waals surface area contributed by atoms with Crippen LogP contribution in [0.1, 0.15) is 25.7 Å². The molecular formula is C11H23N3. The van der Waals surface area contributed by atoms with Gasteiger partial charge in [-0.2, -0.15) is 0 Å². The van der Waals surface area contributed by atoms with Crippen LogP contribution in [0.3, 0.4) is 0 Å². The van der Waals surface area contributed by atoms with Gasteiger partial charge in [0, 0.05) is 38.3 Å². The minimum absolute atomic E-state index is 0.466. The van der Waals surface area contributed by atoms with Crippen molar-refractivity contribution in [2.24, 2.45) is 5.73 Å². The monoisotopic (exact) mass is 197 g/mol. The largest absolute Gasteiger partial charge is 0.328 e. The average molecular weight is 197 g/mol. The van der Waals surface area contributed by atoms with Crippen LogP contribution in [-0.2, 0) is 0 Å². The molecule has 0 spiro atoms. The Bertz CT molecular complexity index is 175. The van der Waals surface area contributed by atoms with E-state index in [9.17, 15) is 0 Å². The summed E-state index contributed by atoms with van der Waals surface area (Å²) in [5.74, 6) is 0. The summed E-state index contributed by atoms with van der Waals surface area (Å²) in [7, 11) is 2.21. The highest BCUT2D eigenvalue weighted by Gasteiger charge is 2.26. The van der Waals surface area contributed by atoms with Crippen LogP contribution in [0.4, 0.5) is 0 Å². The quantitative estimate of drug-likeness (QED) is 0.664. The maximum absolute atomic E-state index is 6.02. The lowest BCUT2D eigenvalue weighted by Crippen LogP contribution is -2.51. The minimum Gasteiger partial charge on any atom is -0.328 e. The molecule has 0 radical (unpaired) electrons. The van der Waals surface area contributed by atoms with E-state index in [2.05, 4.69) is 16.8 Å². The van der Waals surface area contributed by atoms with Crippen LogP contribution in [-0.4, -0.2) is 55.1 Å². The molecule has 3 heteroatoms. The van der Waals surface area contributed by atoms with E-state index < -0.39 is 0 Å². The van der Waals surface area contributed by atoms with Crippen molar-refractivity contribution in [1.29, 1.82) is 0 Å². The molecule has 2 atom stereocenters. The lowest BCUT2D eigenvalue weighted by atomic mass is 9.90. The van der Waals surface area contributed by atoms with E-state index in [1.165, 1.54) is 51.9 Å². The van der Waals surface area contributed by atoms with E-state index in [1.807, 2.05) is 0 Å². The van der Waals surface area contributed by atoms with Crippen LogP contribution < -0.4 is 5.73 Å². The van der Waals surface area contributed by atoms with Crippen LogP contribution >= 0.6 is 0 Å². The van der Waals surface area contributed by atoms with Crippen molar-refractivity contribution in [3.05, 3.63) is 0 Å². The molecule has 1 saturated heterocycles. The summed E-state index contributed by atoms with van der Waals surface area (Å²) in [6, 6.07) is 1.25. The molecule has 0 bridgehead atoms. The van der Waals surface area contributed by atoms with Crippen molar-refractivity contribution in [2.45, 2.75) is 37.8 Å². The Morgan fingerprint density at radius 2 is 1.79 bits per heavy atom. The van der Waals surface area contributed by atoms with Gasteiger partial charge in [-0.1, -0.05) is 6.42 Å². The van der Waals surface area contributed by atoms with Crippen molar-refractivity contribution in [3.8, 4) is 0 Å². The maximum Gasteiger partial charge on any atom is 0.0113 e. The molecule has 1 aliphatic heterocycles. The summed E-state index contributed by atoms with van der Waals surface area (Å²) in [6.45, 7) is 4.94. The molecule has 0 aromatic rings. The van der Waals surface area contributed by atoms with Gasteiger partial charge in [0.15, 0.2) is 0 Å². The van der Waals surface area contributed by atoms with Crippen molar-refractivity contribution >= 4 is 0 Å². The summed E-state index contributed by atoms with van der Waals surface area (Å²) in [6.07, 6.45) is 5.17. The third-order valence-corrected chi connectivity index (χ3v) is 3.74. The topological polar surface area (TPSA) is 32.5 Å². The van der Waals surface area contributed by atoms with Crippen molar-refractivity contribution in [3.63, 3.8) is 0 Å². The lowest BCUT2D eigenvalue weighted by Gasteiger charge is -2.40. The highest BCUT2D eigenvalue weighted by molar-refractivity contribution is 4.84. The smallest absolute Gasteiger partial charge is 0.0113 e. The second-order valence-corrected chi connectivity index (χ2v) is 4.92. The van der Waals surface area contributed by atoms with E-state index in [1.54, 1.807) is 0 Å². The summed E-state index contributed by atoms with van der Waals surface area (Å²) in [4.78, 5) is 5.07. The van der Waals surface area contributed by atoms with Gasteiger partial charge in [0.2, 0.25) is 0 Å². The Kier molecular flexibility index (Phi) is 3.42. The molecular weight excluding hydrogens is 174 g/mol. The molecule has 1 saturated carbocycles. The molecule has 3 nitrogen and oxygen atoms in total. The van der Waals surface area contributed by atoms with Gasteiger partial charge in [-0.05, 0) is 26.3 Å². The van der Waals surface area contributed by atoms with Crippen molar-refractivity contribution in [1.82, 2.24) is 9.80 Å². The van der Waals surface area contributed by atoms with E-state index in [0.29, 0.717) is 6.04 Å². The van der Waals surface area contributed by atoms with Crippen molar-refractivity contribution in [2.75, 3.05) is 33.2 Å². The molecule has 2 fully saturated rings. The first-order chi connectivity index (χ1) is 6.75. The Morgan fingerprint density at radius 3 is 2.43 bits per heavy atom. The molecule has 2 rings (SSSR count). The molecule has 0 aromatic heterocycles. The predicted octanol–water partition coefficient (Wildman–Crippen LogP) is 0.504. The Labute approximate surface area is 87.2 Å². The number of hydrogen-bond donors (Lipinski definition) is 1. The number of likely N-dealkylation sites (N-methyl/N-ethyl adjacent to an activating group) is 1. The minimum atomic E-state index is 0.466. The fourth-order valence-electron chi connectivity index (χ4n) is 2.72. The first kappa shape index (κ1) is 10.4. The third kappa shape index (κ3) is 2.47. The Balaban J connectivity index is 1.82. The van der Waals surface area contributed by atoms with Gasteiger partial charge in [0.1, 0.15) is 0 Å². The molecule has 0 unspecified atom stereocenters.